The molecule has 5 nitrogen and oxygen atoms in total. The number of aromatic nitrogens is 2. The molecule has 0 aliphatic heterocycles. The molecule has 0 aliphatic carbocycles. The zero-order valence-corrected chi connectivity index (χ0v) is 13.0. The van der Waals surface area contributed by atoms with Gasteiger partial charge in [0.05, 0.1) is 11.6 Å². The van der Waals surface area contributed by atoms with E-state index in [4.69, 9.17) is 23.2 Å². The maximum Gasteiger partial charge on any atom is 0.242 e. The standard InChI is InChI=1S/C12H13Cl2N3O2S/c1-9(8-17-6-2-5-15-17)16-20(18,19)12-7-10(13)3-4-11(12)14/h2-7,9,16H,8H2,1H3/t9-/m1/s1. The van der Waals surface area contributed by atoms with E-state index in [2.05, 4.69) is 9.82 Å². The lowest BCUT2D eigenvalue weighted by molar-refractivity contribution is 0.494. The van der Waals surface area contributed by atoms with E-state index in [-0.39, 0.29) is 16.0 Å². The number of sulfonamides is 1. The number of hydrogen-bond donors (Lipinski definition) is 1. The molecule has 0 saturated heterocycles. The molecule has 108 valence electrons. The lowest BCUT2D eigenvalue weighted by atomic mass is 10.4. The number of hydrogen-bond acceptors (Lipinski definition) is 3. The monoisotopic (exact) mass is 333 g/mol. The SMILES string of the molecule is C[C@H](Cn1cccn1)NS(=O)(=O)c1cc(Cl)ccc1Cl. The van der Waals surface area contributed by atoms with Gasteiger partial charge in [-0.25, -0.2) is 13.1 Å². The van der Waals surface area contributed by atoms with Crippen molar-refractivity contribution in [3.05, 3.63) is 46.7 Å². The van der Waals surface area contributed by atoms with Crippen molar-refractivity contribution in [2.24, 2.45) is 0 Å². The van der Waals surface area contributed by atoms with Gasteiger partial charge in [-0.2, -0.15) is 5.10 Å². The zero-order chi connectivity index (χ0) is 14.8. The second kappa shape index (κ2) is 6.13. The van der Waals surface area contributed by atoms with Crippen LogP contribution in [0.2, 0.25) is 10.0 Å². The molecule has 0 saturated carbocycles. The van der Waals surface area contributed by atoms with E-state index in [0.717, 1.165) is 0 Å². The van der Waals surface area contributed by atoms with Crippen molar-refractivity contribution in [2.45, 2.75) is 24.4 Å². The second-order valence-electron chi connectivity index (χ2n) is 4.33. The van der Waals surface area contributed by atoms with Crippen LogP contribution in [0.4, 0.5) is 0 Å². The fourth-order valence-electron chi connectivity index (χ4n) is 1.74. The summed E-state index contributed by atoms with van der Waals surface area (Å²) in [6.07, 6.45) is 3.40. The van der Waals surface area contributed by atoms with Crippen molar-refractivity contribution in [1.82, 2.24) is 14.5 Å². The van der Waals surface area contributed by atoms with Crippen LogP contribution in [0.25, 0.3) is 0 Å². The molecule has 0 radical (unpaired) electrons. The molecule has 1 aromatic carbocycles. The van der Waals surface area contributed by atoms with Gasteiger partial charge in [0.15, 0.2) is 0 Å². The number of nitrogens with one attached hydrogen (secondary N) is 1. The maximum atomic E-state index is 12.3. The van der Waals surface area contributed by atoms with E-state index in [0.29, 0.717) is 11.6 Å². The molecule has 2 rings (SSSR count). The number of halogens is 2. The molecule has 8 heteroatoms. The van der Waals surface area contributed by atoms with Gasteiger partial charge in [0, 0.05) is 23.5 Å². The number of benzene rings is 1. The van der Waals surface area contributed by atoms with Crippen molar-refractivity contribution < 1.29 is 8.42 Å². The molecule has 0 bridgehead atoms. The summed E-state index contributed by atoms with van der Waals surface area (Å²) in [5.74, 6) is 0. The molecule has 1 atom stereocenters. The fourth-order valence-corrected chi connectivity index (χ4v) is 3.73. The summed E-state index contributed by atoms with van der Waals surface area (Å²) in [5.41, 5.74) is 0. The molecule has 0 spiro atoms. The number of rotatable bonds is 5. The first-order valence-electron chi connectivity index (χ1n) is 5.83. The third kappa shape index (κ3) is 3.73. The Morgan fingerprint density at radius 2 is 2.15 bits per heavy atom. The maximum absolute atomic E-state index is 12.3. The Balaban J connectivity index is 2.16. The summed E-state index contributed by atoms with van der Waals surface area (Å²) < 4.78 is 28.7. The van der Waals surface area contributed by atoms with Crippen LogP contribution >= 0.6 is 23.2 Å². The molecule has 0 unspecified atom stereocenters. The van der Waals surface area contributed by atoms with Gasteiger partial charge in [0.25, 0.3) is 0 Å². The van der Waals surface area contributed by atoms with Crippen LogP contribution < -0.4 is 4.72 Å². The molecule has 1 N–H and O–H groups in total. The lowest BCUT2D eigenvalue weighted by Crippen LogP contribution is -2.35. The Kier molecular flexibility index (Phi) is 4.70. The van der Waals surface area contributed by atoms with Crippen LogP contribution in [-0.4, -0.2) is 24.2 Å². The fraction of sp³-hybridized carbons (Fsp3) is 0.250. The third-order valence-electron chi connectivity index (χ3n) is 2.56. The lowest BCUT2D eigenvalue weighted by Gasteiger charge is -2.15. The highest BCUT2D eigenvalue weighted by Gasteiger charge is 2.21. The van der Waals surface area contributed by atoms with Crippen LogP contribution in [-0.2, 0) is 16.6 Å². The molecule has 2 aromatic rings. The van der Waals surface area contributed by atoms with E-state index < -0.39 is 10.0 Å². The van der Waals surface area contributed by atoms with E-state index in [9.17, 15) is 8.42 Å². The van der Waals surface area contributed by atoms with Crippen molar-refractivity contribution in [2.75, 3.05) is 0 Å². The van der Waals surface area contributed by atoms with E-state index >= 15 is 0 Å². The topological polar surface area (TPSA) is 64.0 Å². The van der Waals surface area contributed by atoms with Gasteiger partial charge in [0.2, 0.25) is 10.0 Å². The predicted octanol–water partition coefficient (Wildman–Crippen LogP) is 2.56. The van der Waals surface area contributed by atoms with E-state index in [1.54, 1.807) is 30.1 Å². The highest BCUT2D eigenvalue weighted by molar-refractivity contribution is 7.89. The van der Waals surface area contributed by atoms with Crippen LogP contribution in [0.3, 0.4) is 0 Å². The molecule has 1 heterocycles. The predicted molar refractivity (Wildman–Crippen MR) is 78.5 cm³/mol. The summed E-state index contributed by atoms with van der Waals surface area (Å²) in [5, 5.41) is 4.47. The van der Waals surface area contributed by atoms with Crippen LogP contribution in [0, 0.1) is 0 Å². The van der Waals surface area contributed by atoms with Gasteiger partial charge in [0.1, 0.15) is 4.90 Å². The normalized spacial score (nSPS) is 13.3. The molecule has 1 aromatic heterocycles. The van der Waals surface area contributed by atoms with E-state index in [1.807, 2.05) is 0 Å². The minimum atomic E-state index is -3.72. The Morgan fingerprint density at radius 1 is 1.40 bits per heavy atom. The average molecular weight is 334 g/mol. The quantitative estimate of drug-likeness (QED) is 0.914. The molecular formula is C12H13Cl2N3O2S. The molecule has 0 fully saturated rings. The summed E-state index contributed by atoms with van der Waals surface area (Å²) in [7, 11) is -3.72. The van der Waals surface area contributed by atoms with Crippen LogP contribution in [0.5, 0.6) is 0 Å². The first-order chi connectivity index (χ1) is 9.38. The third-order valence-corrected chi connectivity index (χ3v) is 4.87. The zero-order valence-electron chi connectivity index (χ0n) is 10.6. The first kappa shape index (κ1) is 15.3. The average Bonchev–Trinajstić information content (AvgIpc) is 2.84. The van der Waals surface area contributed by atoms with Crippen LogP contribution in [0.15, 0.2) is 41.6 Å². The smallest absolute Gasteiger partial charge is 0.242 e. The molecule has 0 amide bonds. The molecular weight excluding hydrogens is 321 g/mol. The summed E-state index contributed by atoms with van der Waals surface area (Å²) in [6, 6.07) is 5.75. The van der Waals surface area contributed by atoms with Gasteiger partial charge in [-0.1, -0.05) is 23.2 Å². The second-order valence-corrected chi connectivity index (χ2v) is 6.85. The highest BCUT2D eigenvalue weighted by Crippen LogP contribution is 2.25. The Labute approximate surface area is 127 Å². The Hall–Kier alpha value is -1.08. The number of nitrogens with zero attached hydrogens (tertiary/aromatic N) is 2. The Bertz CT molecular complexity index is 687. The molecule has 20 heavy (non-hydrogen) atoms. The Morgan fingerprint density at radius 3 is 2.80 bits per heavy atom. The van der Waals surface area contributed by atoms with Gasteiger partial charge in [-0.15, -0.1) is 0 Å². The van der Waals surface area contributed by atoms with Gasteiger partial charge >= 0.3 is 0 Å². The first-order valence-corrected chi connectivity index (χ1v) is 8.07. The van der Waals surface area contributed by atoms with Crippen molar-refractivity contribution in [1.29, 1.82) is 0 Å². The summed E-state index contributed by atoms with van der Waals surface area (Å²) in [4.78, 5) is -0.0287. The van der Waals surface area contributed by atoms with Gasteiger partial charge in [-0.3, -0.25) is 4.68 Å². The van der Waals surface area contributed by atoms with Gasteiger partial charge in [-0.05, 0) is 31.2 Å². The van der Waals surface area contributed by atoms with Crippen molar-refractivity contribution in [3.8, 4) is 0 Å². The largest absolute Gasteiger partial charge is 0.271 e. The van der Waals surface area contributed by atoms with Crippen LogP contribution in [0.1, 0.15) is 6.92 Å². The van der Waals surface area contributed by atoms with Crippen molar-refractivity contribution in [3.63, 3.8) is 0 Å². The summed E-state index contributed by atoms with van der Waals surface area (Å²) in [6.45, 7) is 2.17. The van der Waals surface area contributed by atoms with Crippen molar-refractivity contribution >= 4 is 33.2 Å². The summed E-state index contributed by atoms with van der Waals surface area (Å²) >= 11 is 11.7. The highest BCUT2D eigenvalue weighted by atomic mass is 35.5. The molecule has 0 aliphatic rings. The minimum Gasteiger partial charge on any atom is -0.271 e. The minimum absolute atomic E-state index is 0.0287. The van der Waals surface area contributed by atoms with Gasteiger partial charge < -0.3 is 0 Å². The van der Waals surface area contributed by atoms with E-state index in [1.165, 1.54) is 18.2 Å².